The van der Waals surface area contributed by atoms with E-state index in [0.29, 0.717) is 12.6 Å². The number of carbonyl (C=O) groups excluding carboxylic acids is 2. The third-order valence-electron chi connectivity index (χ3n) is 2.73. The predicted octanol–water partition coefficient (Wildman–Crippen LogP) is 0.902. The molecule has 0 atom stereocenters. The van der Waals surface area contributed by atoms with Crippen molar-refractivity contribution in [2.24, 2.45) is 0 Å². The zero-order valence-corrected chi connectivity index (χ0v) is 11.4. The van der Waals surface area contributed by atoms with Gasteiger partial charge in [0.25, 0.3) is 0 Å². The summed E-state index contributed by atoms with van der Waals surface area (Å²) in [7, 11) is 0. The summed E-state index contributed by atoms with van der Waals surface area (Å²) in [5.74, 6) is -0.282. The quantitative estimate of drug-likeness (QED) is 0.648. The topological polar surface area (TPSA) is 78.4 Å². The Hall–Kier alpha value is -1.62. The second kappa shape index (κ2) is 11.5. The van der Waals surface area contributed by atoms with E-state index in [-0.39, 0.29) is 18.4 Å². The predicted molar refractivity (Wildman–Crippen MR) is 75.5 cm³/mol. The van der Waals surface area contributed by atoms with E-state index in [4.69, 9.17) is 5.11 Å². The van der Waals surface area contributed by atoms with Crippen molar-refractivity contribution in [2.75, 3.05) is 13.2 Å². The van der Waals surface area contributed by atoms with E-state index in [2.05, 4.69) is 23.8 Å². The van der Waals surface area contributed by atoms with Gasteiger partial charge in [-0.1, -0.05) is 32.4 Å². The minimum absolute atomic E-state index is 0.0282. The van der Waals surface area contributed by atoms with Crippen molar-refractivity contribution < 1.29 is 14.7 Å². The van der Waals surface area contributed by atoms with Crippen LogP contribution >= 0.6 is 0 Å². The van der Waals surface area contributed by atoms with Crippen molar-refractivity contribution in [3.8, 4) is 0 Å². The standard InChI is InChI=1S/C9H15NO.C5H9NO2/c1-2-9(11)10-8-6-4-3-5-7-8;1-2-5(8)6-3-4-7/h2,8H,1,3-7H2,(H,10,11);2,7H,1,3-4H2,(H,6,8). The summed E-state index contributed by atoms with van der Waals surface area (Å²) in [6, 6.07) is 0.411. The molecule has 3 N–H and O–H groups in total. The van der Waals surface area contributed by atoms with Crippen LogP contribution in [0.1, 0.15) is 32.1 Å². The molecular formula is C14H24N2O3. The number of aliphatic hydroxyl groups is 1. The van der Waals surface area contributed by atoms with Crippen LogP contribution < -0.4 is 10.6 Å². The molecule has 0 spiro atoms. The third-order valence-corrected chi connectivity index (χ3v) is 2.73. The highest BCUT2D eigenvalue weighted by molar-refractivity contribution is 5.87. The van der Waals surface area contributed by atoms with Gasteiger partial charge in [0.05, 0.1) is 6.61 Å². The SMILES string of the molecule is C=CC(=O)NC1CCCCC1.C=CC(=O)NCCO. The number of nitrogens with one attached hydrogen (secondary N) is 2. The lowest BCUT2D eigenvalue weighted by molar-refractivity contribution is -0.117. The van der Waals surface area contributed by atoms with Gasteiger partial charge in [-0.05, 0) is 25.0 Å². The average molecular weight is 268 g/mol. The zero-order chi connectivity index (χ0) is 14.5. The molecule has 2 amide bonds. The number of amides is 2. The number of hydrogen-bond donors (Lipinski definition) is 3. The van der Waals surface area contributed by atoms with Crippen molar-refractivity contribution in [2.45, 2.75) is 38.1 Å². The molecule has 0 bridgehead atoms. The average Bonchev–Trinajstić information content (AvgIpc) is 2.46. The van der Waals surface area contributed by atoms with Crippen molar-refractivity contribution in [3.05, 3.63) is 25.3 Å². The van der Waals surface area contributed by atoms with Crippen molar-refractivity contribution in [1.29, 1.82) is 0 Å². The van der Waals surface area contributed by atoms with E-state index in [1.807, 2.05) is 0 Å². The molecule has 1 aliphatic carbocycles. The first-order valence-electron chi connectivity index (χ1n) is 6.58. The lowest BCUT2D eigenvalue weighted by Gasteiger charge is -2.21. The van der Waals surface area contributed by atoms with E-state index >= 15 is 0 Å². The molecule has 1 aliphatic rings. The molecule has 0 radical (unpaired) electrons. The first-order valence-corrected chi connectivity index (χ1v) is 6.58. The van der Waals surface area contributed by atoms with Gasteiger partial charge < -0.3 is 15.7 Å². The molecule has 108 valence electrons. The normalized spacial score (nSPS) is 14.6. The van der Waals surface area contributed by atoms with Crippen LogP contribution in [0.5, 0.6) is 0 Å². The largest absolute Gasteiger partial charge is 0.395 e. The van der Waals surface area contributed by atoms with E-state index in [0.717, 1.165) is 18.9 Å². The van der Waals surface area contributed by atoms with E-state index in [9.17, 15) is 9.59 Å². The highest BCUT2D eigenvalue weighted by atomic mass is 16.3. The van der Waals surface area contributed by atoms with Crippen LogP contribution in [-0.2, 0) is 9.59 Å². The Bertz CT molecular complexity index is 297. The Labute approximate surface area is 114 Å². The number of hydrogen-bond acceptors (Lipinski definition) is 3. The van der Waals surface area contributed by atoms with Crippen molar-refractivity contribution >= 4 is 11.8 Å². The molecule has 0 saturated heterocycles. The summed E-state index contributed by atoms with van der Waals surface area (Å²) in [5, 5.41) is 13.4. The van der Waals surface area contributed by atoms with E-state index < -0.39 is 0 Å². The molecule has 1 saturated carbocycles. The van der Waals surface area contributed by atoms with Crippen LogP contribution in [0.2, 0.25) is 0 Å². The summed E-state index contributed by atoms with van der Waals surface area (Å²) in [5.41, 5.74) is 0. The number of rotatable bonds is 5. The van der Waals surface area contributed by atoms with Gasteiger partial charge in [-0.2, -0.15) is 0 Å². The lowest BCUT2D eigenvalue weighted by atomic mass is 9.95. The second-order valence-electron chi connectivity index (χ2n) is 4.27. The molecule has 1 fully saturated rings. The van der Waals surface area contributed by atoms with Gasteiger partial charge in [0.2, 0.25) is 11.8 Å². The van der Waals surface area contributed by atoms with E-state index in [1.165, 1.54) is 25.3 Å². The highest BCUT2D eigenvalue weighted by Crippen LogP contribution is 2.17. The fourth-order valence-corrected chi connectivity index (χ4v) is 1.76. The number of aliphatic hydroxyl groups excluding tert-OH is 1. The highest BCUT2D eigenvalue weighted by Gasteiger charge is 2.13. The summed E-state index contributed by atoms with van der Waals surface area (Å²) in [6.45, 7) is 6.90. The van der Waals surface area contributed by atoms with Crippen molar-refractivity contribution in [1.82, 2.24) is 10.6 Å². The second-order valence-corrected chi connectivity index (χ2v) is 4.27. The first-order chi connectivity index (χ1) is 9.13. The van der Waals surface area contributed by atoms with Crippen LogP contribution in [0.3, 0.4) is 0 Å². The van der Waals surface area contributed by atoms with Gasteiger partial charge >= 0.3 is 0 Å². The van der Waals surface area contributed by atoms with Gasteiger partial charge in [-0.25, -0.2) is 0 Å². The summed E-state index contributed by atoms with van der Waals surface area (Å²) >= 11 is 0. The zero-order valence-electron chi connectivity index (χ0n) is 11.4. The molecule has 0 heterocycles. The summed E-state index contributed by atoms with van der Waals surface area (Å²) < 4.78 is 0. The van der Waals surface area contributed by atoms with Gasteiger partial charge in [-0.15, -0.1) is 0 Å². The molecule has 19 heavy (non-hydrogen) atoms. The fourth-order valence-electron chi connectivity index (χ4n) is 1.76. The molecule has 5 nitrogen and oxygen atoms in total. The third kappa shape index (κ3) is 10.0. The molecule has 0 aliphatic heterocycles. The van der Waals surface area contributed by atoms with Gasteiger partial charge in [0, 0.05) is 12.6 Å². The van der Waals surface area contributed by atoms with Crippen LogP contribution in [0.4, 0.5) is 0 Å². The number of carbonyl (C=O) groups is 2. The lowest BCUT2D eigenvalue weighted by Crippen LogP contribution is -2.34. The summed E-state index contributed by atoms with van der Waals surface area (Å²) in [6.07, 6.45) is 8.61. The maximum absolute atomic E-state index is 10.9. The fraction of sp³-hybridized carbons (Fsp3) is 0.571. The molecule has 5 heteroatoms. The molecule has 0 unspecified atom stereocenters. The smallest absolute Gasteiger partial charge is 0.243 e. The molecular weight excluding hydrogens is 244 g/mol. The monoisotopic (exact) mass is 268 g/mol. The Kier molecular flexibility index (Phi) is 10.5. The minimum Gasteiger partial charge on any atom is -0.395 e. The van der Waals surface area contributed by atoms with Gasteiger partial charge in [0.15, 0.2) is 0 Å². The Morgan fingerprint density at radius 2 is 1.68 bits per heavy atom. The molecule has 0 aromatic heterocycles. The Morgan fingerprint density at radius 1 is 1.11 bits per heavy atom. The minimum atomic E-state index is -0.251. The Balaban J connectivity index is 0.000000362. The molecule has 0 aromatic rings. The first kappa shape index (κ1) is 17.4. The van der Waals surface area contributed by atoms with Crippen LogP contribution in [0.25, 0.3) is 0 Å². The van der Waals surface area contributed by atoms with Crippen molar-refractivity contribution in [3.63, 3.8) is 0 Å². The maximum atomic E-state index is 10.9. The maximum Gasteiger partial charge on any atom is 0.243 e. The van der Waals surface area contributed by atoms with Crippen LogP contribution in [0, 0.1) is 0 Å². The van der Waals surface area contributed by atoms with Crippen LogP contribution in [0.15, 0.2) is 25.3 Å². The Morgan fingerprint density at radius 3 is 2.16 bits per heavy atom. The molecule has 0 aromatic carbocycles. The van der Waals surface area contributed by atoms with Crippen LogP contribution in [-0.4, -0.2) is 36.1 Å². The van der Waals surface area contributed by atoms with E-state index in [1.54, 1.807) is 0 Å². The van der Waals surface area contributed by atoms with Gasteiger partial charge in [-0.3, -0.25) is 9.59 Å². The summed E-state index contributed by atoms with van der Waals surface area (Å²) in [4.78, 5) is 21.1. The van der Waals surface area contributed by atoms with Gasteiger partial charge in [0.1, 0.15) is 0 Å². The molecule has 1 rings (SSSR count).